The van der Waals surface area contributed by atoms with Gasteiger partial charge in [-0.1, -0.05) is 31.5 Å². The Morgan fingerprint density at radius 1 is 1.17 bits per heavy atom. The summed E-state index contributed by atoms with van der Waals surface area (Å²) in [5.74, 6) is -0.323. The number of nitrogens with one attached hydrogen (secondary N) is 1. The van der Waals surface area contributed by atoms with E-state index in [1.807, 2.05) is 32.9 Å². The number of alkyl halides is 3. The monoisotopic (exact) mass is 325 g/mol. The van der Waals surface area contributed by atoms with Crippen molar-refractivity contribution in [1.82, 2.24) is 9.97 Å². The first-order chi connectivity index (χ1) is 10.8. The summed E-state index contributed by atoms with van der Waals surface area (Å²) in [6, 6.07) is 7.35. The van der Waals surface area contributed by atoms with Gasteiger partial charge in [0.1, 0.15) is 5.56 Å². The lowest BCUT2D eigenvalue weighted by Gasteiger charge is -2.15. The lowest BCUT2D eigenvalue weighted by Crippen LogP contribution is -2.14. The Labute approximate surface area is 132 Å². The van der Waals surface area contributed by atoms with Crippen LogP contribution in [0.3, 0.4) is 0 Å². The molecule has 0 aliphatic heterocycles. The van der Waals surface area contributed by atoms with Crippen LogP contribution in [0, 0.1) is 12.8 Å². The summed E-state index contributed by atoms with van der Waals surface area (Å²) in [6.45, 7) is 5.78. The molecule has 0 amide bonds. The SMILES string of the molecule is Cc1ccc(Nc2ncc(C(F)(F)F)c(OCC(C)C)n2)cc1. The van der Waals surface area contributed by atoms with Gasteiger partial charge in [0.05, 0.1) is 6.61 Å². The highest BCUT2D eigenvalue weighted by atomic mass is 19.4. The van der Waals surface area contributed by atoms with Crippen LogP contribution in [0.4, 0.5) is 24.8 Å². The van der Waals surface area contributed by atoms with Gasteiger partial charge in [0, 0.05) is 11.9 Å². The van der Waals surface area contributed by atoms with Crippen LogP contribution >= 0.6 is 0 Å². The van der Waals surface area contributed by atoms with E-state index in [9.17, 15) is 13.2 Å². The third kappa shape index (κ3) is 4.84. The number of rotatable bonds is 5. The average Bonchev–Trinajstić information content (AvgIpc) is 2.46. The molecule has 0 aliphatic carbocycles. The summed E-state index contributed by atoms with van der Waals surface area (Å²) in [5, 5.41) is 2.87. The number of ether oxygens (including phenoxy) is 1. The molecule has 124 valence electrons. The van der Waals surface area contributed by atoms with Crippen molar-refractivity contribution < 1.29 is 17.9 Å². The molecule has 0 spiro atoms. The molecule has 1 N–H and O–H groups in total. The van der Waals surface area contributed by atoms with E-state index in [1.54, 1.807) is 12.1 Å². The van der Waals surface area contributed by atoms with Gasteiger partial charge in [-0.15, -0.1) is 0 Å². The number of hydrogen-bond donors (Lipinski definition) is 1. The van der Waals surface area contributed by atoms with Crippen LogP contribution in [0.15, 0.2) is 30.5 Å². The topological polar surface area (TPSA) is 47.0 Å². The van der Waals surface area contributed by atoms with Gasteiger partial charge in [0.2, 0.25) is 11.8 Å². The van der Waals surface area contributed by atoms with Gasteiger partial charge in [-0.2, -0.15) is 18.2 Å². The lowest BCUT2D eigenvalue weighted by atomic mass is 10.2. The quantitative estimate of drug-likeness (QED) is 0.874. The molecule has 0 fully saturated rings. The Balaban J connectivity index is 2.27. The van der Waals surface area contributed by atoms with E-state index in [4.69, 9.17) is 4.74 Å². The summed E-state index contributed by atoms with van der Waals surface area (Å²) < 4.78 is 44.2. The Bertz CT molecular complexity index is 655. The second-order valence-corrected chi connectivity index (χ2v) is 5.61. The van der Waals surface area contributed by atoms with Crippen molar-refractivity contribution in [3.8, 4) is 5.88 Å². The van der Waals surface area contributed by atoms with Gasteiger partial charge in [-0.3, -0.25) is 0 Å². The summed E-state index contributed by atoms with van der Waals surface area (Å²) in [7, 11) is 0. The normalized spacial score (nSPS) is 11.6. The molecule has 4 nitrogen and oxygen atoms in total. The van der Waals surface area contributed by atoms with Crippen molar-refractivity contribution in [2.75, 3.05) is 11.9 Å². The zero-order valence-corrected chi connectivity index (χ0v) is 13.1. The Kier molecular flexibility index (Phi) is 5.08. The van der Waals surface area contributed by atoms with Crippen molar-refractivity contribution in [3.05, 3.63) is 41.6 Å². The van der Waals surface area contributed by atoms with E-state index < -0.39 is 17.6 Å². The van der Waals surface area contributed by atoms with Crippen LogP contribution in [0.5, 0.6) is 5.88 Å². The first kappa shape index (κ1) is 17.1. The summed E-state index contributed by atoms with van der Waals surface area (Å²) in [5.41, 5.74) is 0.780. The minimum Gasteiger partial charge on any atom is -0.477 e. The van der Waals surface area contributed by atoms with Crippen molar-refractivity contribution in [2.45, 2.75) is 26.9 Å². The standard InChI is InChI=1S/C16H18F3N3O/c1-10(2)9-23-14-13(16(17,18)19)8-20-15(22-14)21-12-6-4-11(3)5-7-12/h4-8,10H,9H2,1-3H3,(H,20,21,22). The van der Waals surface area contributed by atoms with Crippen molar-refractivity contribution in [2.24, 2.45) is 5.92 Å². The zero-order valence-electron chi connectivity index (χ0n) is 13.1. The number of anilines is 2. The second-order valence-electron chi connectivity index (χ2n) is 5.61. The molecular weight excluding hydrogens is 307 g/mol. The largest absolute Gasteiger partial charge is 0.477 e. The second kappa shape index (κ2) is 6.85. The van der Waals surface area contributed by atoms with Crippen LogP contribution in [0.25, 0.3) is 0 Å². The molecule has 1 aromatic carbocycles. The van der Waals surface area contributed by atoms with E-state index in [1.165, 1.54) is 0 Å². The Morgan fingerprint density at radius 3 is 2.39 bits per heavy atom. The molecule has 1 aromatic heterocycles. The smallest absolute Gasteiger partial charge is 0.423 e. The van der Waals surface area contributed by atoms with Crippen LogP contribution in [0.1, 0.15) is 25.0 Å². The molecule has 2 rings (SSSR count). The highest BCUT2D eigenvalue weighted by molar-refractivity contribution is 5.54. The molecule has 0 unspecified atom stereocenters. The number of aryl methyl sites for hydroxylation is 1. The fourth-order valence-corrected chi connectivity index (χ4v) is 1.74. The predicted octanol–water partition coefficient (Wildman–Crippen LogP) is 4.58. The van der Waals surface area contributed by atoms with Crippen LogP contribution in [0.2, 0.25) is 0 Å². The number of halogens is 3. The van der Waals surface area contributed by atoms with Gasteiger partial charge < -0.3 is 10.1 Å². The van der Waals surface area contributed by atoms with Gasteiger partial charge >= 0.3 is 6.18 Å². The van der Waals surface area contributed by atoms with Gasteiger partial charge in [-0.05, 0) is 25.0 Å². The number of benzene rings is 1. The highest BCUT2D eigenvalue weighted by Crippen LogP contribution is 2.35. The highest BCUT2D eigenvalue weighted by Gasteiger charge is 2.36. The molecule has 0 saturated heterocycles. The molecule has 2 aromatic rings. The third-order valence-electron chi connectivity index (χ3n) is 2.92. The van der Waals surface area contributed by atoms with Crippen molar-refractivity contribution in [3.63, 3.8) is 0 Å². The Morgan fingerprint density at radius 2 is 1.83 bits per heavy atom. The zero-order chi connectivity index (χ0) is 17.0. The number of aromatic nitrogens is 2. The van der Waals surface area contributed by atoms with E-state index in [2.05, 4.69) is 15.3 Å². The van der Waals surface area contributed by atoms with Crippen LogP contribution in [-0.4, -0.2) is 16.6 Å². The minimum absolute atomic E-state index is 0.0561. The minimum atomic E-state index is -4.56. The molecule has 0 saturated carbocycles. The summed E-state index contributed by atoms with van der Waals surface area (Å²) >= 11 is 0. The van der Waals surface area contributed by atoms with E-state index in [-0.39, 0.29) is 18.5 Å². The van der Waals surface area contributed by atoms with Gasteiger partial charge in [0.15, 0.2) is 0 Å². The lowest BCUT2D eigenvalue weighted by molar-refractivity contribution is -0.139. The first-order valence-electron chi connectivity index (χ1n) is 7.16. The first-order valence-corrected chi connectivity index (χ1v) is 7.16. The van der Waals surface area contributed by atoms with Crippen molar-refractivity contribution in [1.29, 1.82) is 0 Å². The van der Waals surface area contributed by atoms with E-state index in [0.29, 0.717) is 5.69 Å². The fourth-order valence-electron chi connectivity index (χ4n) is 1.74. The molecule has 7 heteroatoms. The molecule has 0 bridgehead atoms. The fraction of sp³-hybridized carbons (Fsp3) is 0.375. The molecule has 0 radical (unpaired) electrons. The maximum absolute atomic E-state index is 13.0. The van der Waals surface area contributed by atoms with Gasteiger partial charge in [-0.25, -0.2) is 4.98 Å². The summed E-state index contributed by atoms with van der Waals surface area (Å²) in [4.78, 5) is 7.59. The maximum atomic E-state index is 13.0. The molecule has 0 atom stereocenters. The van der Waals surface area contributed by atoms with Gasteiger partial charge in [0.25, 0.3) is 0 Å². The molecular formula is C16H18F3N3O. The maximum Gasteiger partial charge on any atom is 0.423 e. The molecule has 1 heterocycles. The Hall–Kier alpha value is -2.31. The average molecular weight is 325 g/mol. The molecule has 23 heavy (non-hydrogen) atoms. The van der Waals surface area contributed by atoms with Crippen LogP contribution in [-0.2, 0) is 6.18 Å². The summed E-state index contributed by atoms with van der Waals surface area (Å²) in [6.07, 6.45) is -3.83. The van der Waals surface area contributed by atoms with Crippen LogP contribution < -0.4 is 10.1 Å². The molecule has 0 aliphatic rings. The third-order valence-corrected chi connectivity index (χ3v) is 2.92. The van der Waals surface area contributed by atoms with Crippen molar-refractivity contribution >= 4 is 11.6 Å². The number of nitrogens with zero attached hydrogens (tertiary/aromatic N) is 2. The van der Waals surface area contributed by atoms with E-state index >= 15 is 0 Å². The van der Waals surface area contributed by atoms with E-state index in [0.717, 1.165) is 11.8 Å². The number of hydrogen-bond acceptors (Lipinski definition) is 4. The predicted molar refractivity (Wildman–Crippen MR) is 81.8 cm³/mol.